The largest absolute Gasteiger partial charge is 0.391 e. The highest BCUT2D eigenvalue weighted by Gasteiger charge is 2.25. The molecule has 0 saturated carbocycles. The number of hydrogen-bond donors (Lipinski definition) is 3. The van der Waals surface area contributed by atoms with Crippen molar-refractivity contribution in [2.45, 2.75) is 13.0 Å². The number of hydrogen-bond acceptors (Lipinski definition) is 3. The van der Waals surface area contributed by atoms with E-state index in [4.69, 9.17) is 0 Å². The Balaban J connectivity index is 1.97. The summed E-state index contributed by atoms with van der Waals surface area (Å²) in [6.07, 6.45) is -0.367. The fourth-order valence-electron chi connectivity index (χ4n) is 2.09. The quantitative estimate of drug-likeness (QED) is 0.782. The van der Waals surface area contributed by atoms with Gasteiger partial charge in [-0.05, 0) is 24.6 Å². The first-order chi connectivity index (χ1) is 8.58. The van der Waals surface area contributed by atoms with Crippen molar-refractivity contribution < 1.29 is 9.90 Å². The Morgan fingerprint density at radius 3 is 3.00 bits per heavy atom. The molecule has 5 heteroatoms. The van der Waals surface area contributed by atoms with E-state index in [0.29, 0.717) is 18.7 Å². The minimum absolute atomic E-state index is 0.0899. The smallest absolute Gasteiger partial charge is 0.251 e. The molecule has 1 aliphatic rings. The number of nitrogens with one attached hydrogen (secondary N) is 2. The lowest BCUT2D eigenvalue weighted by molar-refractivity contribution is 0.0926. The van der Waals surface area contributed by atoms with E-state index in [1.165, 1.54) is 0 Å². The second kappa shape index (κ2) is 5.82. The number of aryl methyl sites for hydroxylation is 1. The molecule has 4 nitrogen and oxygen atoms in total. The van der Waals surface area contributed by atoms with E-state index < -0.39 is 0 Å². The summed E-state index contributed by atoms with van der Waals surface area (Å²) in [5, 5.41) is 15.6. The lowest BCUT2D eigenvalue weighted by Gasteiger charge is -2.14. The Kier molecular flexibility index (Phi) is 4.37. The number of rotatable bonds is 3. The number of β-amino-alcohol motifs (C(OH)–C–C–N with tert-alkyl or cyclic N) is 1. The van der Waals surface area contributed by atoms with Gasteiger partial charge in [0, 0.05) is 35.6 Å². The molecule has 1 heterocycles. The van der Waals surface area contributed by atoms with Crippen LogP contribution in [0.1, 0.15) is 15.9 Å². The normalized spacial score (nSPS) is 23.1. The van der Waals surface area contributed by atoms with Gasteiger partial charge in [-0.3, -0.25) is 4.79 Å². The molecule has 2 unspecified atom stereocenters. The van der Waals surface area contributed by atoms with Crippen molar-refractivity contribution in [2.75, 3.05) is 19.6 Å². The van der Waals surface area contributed by atoms with Crippen molar-refractivity contribution in [1.82, 2.24) is 10.6 Å². The zero-order valence-corrected chi connectivity index (χ0v) is 11.8. The maximum atomic E-state index is 12.0. The van der Waals surface area contributed by atoms with Gasteiger partial charge in [0.1, 0.15) is 0 Å². The summed E-state index contributed by atoms with van der Waals surface area (Å²) in [7, 11) is 0. The molecule has 2 atom stereocenters. The molecule has 0 aromatic heterocycles. The molecule has 1 aromatic rings. The van der Waals surface area contributed by atoms with Crippen LogP contribution in [0, 0.1) is 12.8 Å². The van der Waals surface area contributed by atoms with E-state index in [1.807, 2.05) is 25.1 Å². The molecule has 1 amide bonds. The van der Waals surface area contributed by atoms with E-state index in [2.05, 4.69) is 26.6 Å². The third-order valence-corrected chi connectivity index (χ3v) is 3.77. The molecule has 0 aliphatic carbocycles. The highest BCUT2D eigenvalue weighted by atomic mass is 79.9. The van der Waals surface area contributed by atoms with Gasteiger partial charge < -0.3 is 15.7 Å². The SMILES string of the molecule is Cc1ccc(Br)cc1C(=O)NCC1CNCC1O. The van der Waals surface area contributed by atoms with Crippen LogP contribution in [0.15, 0.2) is 22.7 Å². The Bertz CT molecular complexity index is 451. The van der Waals surface area contributed by atoms with E-state index in [1.54, 1.807) is 0 Å². The molecule has 1 aromatic carbocycles. The molecular weight excluding hydrogens is 296 g/mol. The van der Waals surface area contributed by atoms with Crippen LogP contribution in [-0.2, 0) is 0 Å². The van der Waals surface area contributed by atoms with Crippen LogP contribution in [0.5, 0.6) is 0 Å². The summed E-state index contributed by atoms with van der Waals surface area (Å²) in [6.45, 7) is 3.77. The Morgan fingerprint density at radius 1 is 1.56 bits per heavy atom. The van der Waals surface area contributed by atoms with Crippen LogP contribution in [0.25, 0.3) is 0 Å². The van der Waals surface area contributed by atoms with Crippen LogP contribution in [-0.4, -0.2) is 36.8 Å². The molecule has 1 saturated heterocycles. The number of halogens is 1. The van der Waals surface area contributed by atoms with Crippen molar-refractivity contribution in [1.29, 1.82) is 0 Å². The molecule has 3 N–H and O–H groups in total. The Morgan fingerprint density at radius 2 is 2.33 bits per heavy atom. The molecule has 0 spiro atoms. The minimum Gasteiger partial charge on any atom is -0.391 e. The van der Waals surface area contributed by atoms with Crippen LogP contribution in [0.4, 0.5) is 0 Å². The number of benzene rings is 1. The van der Waals surface area contributed by atoms with Gasteiger partial charge in [0.05, 0.1) is 6.10 Å². The number of carbonyl (C=O) groups is 1. The zero-order chi connectivity index (χ0) is 13.1. The lowest BCUT2D eigenvalue weighted by atomic mass is 10.1. The van der Waals surface area contributed by atoms with Crippen LogP contribution in [0.2, 0.25) is 0 Å². The van der Waals surface area contributed by atoms with Crippen LogP contribution in [0.3, 0.4) is 0 Å². The van der Waals surface area contributed by atoms with Crippen LogP contribution < -0.4 is 10.6 Å². The molecule has 18 heavy (non-hydrogen) atoms. The van der Waals surface area contributed by atoms with Crippen molar-refractivity contribution in [3.8, 4) is 0 Å². The number of aliphatic hydroxyl groups excluding tert-OH is 1. The number of aliphatic hydroxyl groups is 1. The lowest BCUT2D eigenvalue weighted by Crippen LogP contribution is -2.34. The molecule has 1 aliphatic heterocycles. The summed E-state index contributed by atoms with van der Waals surface area (Å²) in [5.41, 5.74) is 1.62. The fraction of sp³-hybridized carbons (Fsp3) is 0.462. The van der Waals surface area contributed by atoms with E-state index >= 15 is 0 Å². The van der Waals surface area contributed by atoms with Gasteiger partial charge >= 0.3 is 0 Å². The first-order valence-corrected chi connectivity index (χ1v) is 6.80. The third-order valence-electron chi connectivity index (χ3n) is 3.27. The van der Waals surface area contributed by atoms with Gasteiger partial charge in [-0.25, -0.2) is 0 Å². The third kappa shape index (κ3) is 3.10. The summed E-state index contributed by atoms with van der Waals surface area (Å²) >= 11 is 3.36. The Labute approximate surface area is 115 Å². The van der Waals surface area contributed by atoms with Crippen LogP contribution >= 0.6 is 15.9 Å². The fourth-order valence-corrected chi connectivity index (χ4v) is 2.45. The number of amides is 1. The summed E-state index contributed by atoms with van der Waals surface area (Å²) in [6, 6.07) is 5.63. The van der Waals surface area contributed by atoms with Crippen molar-refractivity contribution >= 4 is 21.8 Å². The molecule has 98 valence electrons. The molecule has 2 rings (SSSR count). The van der Waals surface area contributed by atoms with Gasteiger partial charge in [-0.15, -0.1) is 0 Å². The van der Waals surface area contributed by atoms with E-state index in [0.717, 1.165) is 16.6 Å². The topological polar surface area (TPSA) is 61.4 Å². The van der Waals surface area contributed by atoms with E-state index in [9.17, 15) is 9.90 Å². The zero-order valence-electron chi connectivity index (χ0n) is 10.2. The highest BCUT2D eigenvalue weighted by Crippen LogP contribution is 2.16. The van der Waals surface area contributed by atoms with Gasteiger partial charge in [0.25, 0.3) is 5.91 Å². The average molecular weight is 313 g/mol. The second-order valence-electron chi connectivity index (χ2n) is 4.65. The Hall–Kier alpha value is -0.910. The molecule has 1 fully saturated rings. The predicted octanol–water partition coefficient (Wildman–Crippen LogP) is 1.07. The van der Waals surface area contributed by atoms with Gasteiger partial charge in [-0.1, -0.05) is 22.0 Å². The average Bonchev–Trinajstić information content (AvgIpc) is 2.75. The van der Waals surface area contributed by atoms with Gasteiger partial charge in [0.15, 0.2) is 0 Å². The molecule has 0 bridgehead atoms. The highest BCUT2D eigenvalue weighted by molar-refractivity contribution is 9.10. The first kappa shape index (κ1) is 13.5. The van der Waals surface area contributed by atoms with Crippen molar-refractivity contribution in [3.05, 3.63) is 33.8 Å². The molecule has 0 radical (unpaired) electrons. The van der Waals surface area contributed by atoms with Crippen molar-refractivity contribution in [2.24, 2.45) is 5.92 Å². The minimum atomic E-state index is -0.367. The number of carbonyl (C=O) groups excluding carboxylic acids is 1. The van der Waals surface area contributed by atoms with Gasteiger partial charge in [-0.2, -0.15) is 0 Å². The first-order valence-electron chi connectivity index (χ1n) is 6.01. The van der Waals surface area contributed by atoms with Crippen molar-refractivity contribution in [3.63, 3.8) is 0 Å². The van der Waals surface area contributed by atoms with E-state index in [-0.39, 0.29) is 17.9 Å². The maximum absolute atomic E-state index is 12.0. The predicted molar refractivity (Wildman–Crippen MR) is 73.6 cm³/mol. The second-order valence-corrected chi connectivity index (χ2v) is 5.57. The summed E-state index contributed by atoms with van der Waals surface area (Å²) in [5.74, 6) is 0.00862. The maximum Gasteiger partial charge on any atom is 0.251 e. The monoisotopic (exact) mass is 312 g/mol. The summed E-state index contributed by atoms with van der Waals surface area (Å²) in [4.78, 5) is 12.0. The summed E-state index contributed by atoms with van der Waals surface area (Å²) < 4.78 is 0.890. The molecular formula is C13H17BrN2O2. The van der Waals surface area contributed by atoms with Gasteiger partial charge in [0.2, 0.25) is 0 Å². The standard InChI is InChI=1S/C13H17BrN2O2/c1-8-2-3-10(14)4-11(8)13(18)16-6-9-5-15-7-12(9)17/h2-4,9,12,15,17H,5-7H2,1H3,(H,16,18).